The number of aliphatic hydroxyl groups excluding tert-OH is 1. The number of aryl methyl sites for hydroxylation is 1. The fourth-order valence-corrected chi connectivity index (χ4v) is 4.24. The van der Waals surface area contributed by atoms with Gasteiger partial charge in [0.25, 0.3) is 11.7 Å². The molecule has 1 N–H and O–H groups in total. The second kappa shape index (κ2) is 9.76. The number of rotatable bonds is 5. The van der Waals surface area contributed by atoms with E-state index in [4.69, 9.17) is 9.47 Å². The average Bonchev–Trinajstić information content (AvgIpc) is 3.11. The summed E-state index contributed by atoms with van der Waals surface area (Å²) in [6.07, 6.45) is 0. The Bertz CT molecular complexity index is 1350. The van der Waals surface area contributed by atoms with Gasteiger partial charge in [-0.15, -0.1) is 0 Å². The van der Waals surface area contributed by atoms with Gasteiger partial charge in [-0.1, -0.05) is 34.1 Å². The van der Waals surface area contributed by atoms with Gasteiger partial charge in [0.1, 0.15) is 17.3 Å². The number of benzene rings is 3. The van der Waals surface area contributed by atoms with E-state index in [1.165, 1.54) is 18.9 Å². The molecule has 3 aromatic rings. The second-order valence-electron chi connectivity index (χ2n) is 7.99. The third-order valence-electron chi connectivity index (χ3n) is 5.68. The number of esters is 1. The highest BCUT2D eigenvalue weighted by Crippen LogP contribution is 2.43. The molecular formula is C27H22BrNO6. The number of hydrogen-bond acceptors (Lipinski definition) is 6. The van der Waals surface area contributed by atoms with E-state index >= 15 is 0 Å². The van der Waals surface area contributed by atoms with Crippen LogP contribution in [0.2, 0.25) is 0 Å². The van der Waals surface area contributed by atoms with E-state index in [9.17, 15) is 19.5 Å². The summed E-state index contributed by atoms with van der Waals surface area (Å²) in [6, 6.07) is 17.5. The van der Waals surface area contributed by atoms with Gasteiger partial charge in [-0.2, -0.15) is 0 Å². The molecule has 8 heteroatoms. The molecule has 1 atom stereocenters. The zero-order valence-corrected chi connectivity index (χ0v) is 20.8. The first-order valence-corrected chi connectivity index (χ1v) is 11.5. The highest BCUT2D eigenvalue weighted by molar-refractivity contribution is 9.10. The maximum absolute atomic E-state index is 13.3. The van der Waals surface area contributed by atoms with Crippen LogP contribution in [-0.4, -0.2) is 29.9 Å². The summed E-state index contributed by atoms with van der Waals surface area (Å²) in [6.45, 7) is 3.16. The summed E-state index contributed by atoms with van der Waals surface area (Å²) >= 11 is 3.43. The van der Waals surface area contributed by atoms with Crippen molar-refractivity contribution in [3.05, 3.63) is 93.5 Å². The molecule has 4 rings (SSSR count). The van der Waals surface area contributed by atoms with Crippen LogP contribution in [0.4, 0.5) is 5.69 Å². The first-order chi connectivity index (χ1) is 16.7. The lowest BCUT2D eigenvalue weighted by molar-refractivity contribution is -0.132. The monoisotopic (exact) mass is 535 g/mol. The third-order valence-corrected chi connectivity index (χ3v) is 6.57. The predicted octanol–water partition coefficient (Wildman–Crippen LogP) is 5.32. The Kier molecular flexibility index (Phi) is 6.75. The molecule has 1 heterocycles. The molecule has 7 nitrogen and oxygen atoms in total. The summed E-state index contributed by atoms with van der Waals surface area (Å²) in [4.78, 5) is 39.2. The number of methoxy groups -OCH3 is 1. The molecule has 1 fully saturated rings. The zero-order chi connectivity index (χ0) is 25.3. The highest BCUT2D eigenvalue weighted by Gasteiger charge is 2.47. The Labute approximate surface area is 210 Å². The minimum atomic E-state index is -0.904. The molecule has 178 valence electrons. The van der Waals surface area contributed by atoms with E-state index in [0.29, 0.717) is 28.3 Å². The lowest BCUT2D eigenvalue weighted by atomic mass is 9.94. The van der Waals surface area contributed by atoms with Crippen molar-refractivity contribution >= 4 is 45.0 Å². The van der Waals surface area contributed by atoms with Crippen LogP contribution in [0.15, 0.2) is 76.8 Å². The number of Topliss-reactive ketones (excluding diaryl/α,β-unsaturated/α-hetero) is 1. The van der Waals surface area contributed by atoms with Crippen LogP contribution in [0, 0.1) is 6.92 Å². The predicted molar refractivity (Wildman–Crippen MR) is 134 cm³/mol. The van der Waals surface area contributed by atoms with Gasteiger partial charge in [-0.25, -0.2) is 0 Å². The first-order valence-electron chi connectivity index (χ1n) is 10.7. The molecule has 0 bridgehead atoms. The Morgan fingerprint density at radius 2 is 1.60 bits per heavy atom. The smallest absolute Gasteiger partial charge is 0.308 e. The molecule has 0 spiro atoms. The number of amides is 1. The van der Waals surface area contributed by atoms with Gasteiger partial charge in [-0.05, 0) is 66.6 Å². The van der Waals surface area contributed by atoms with Gasteiger partial charge >= 0.3 is 5.97 Å². The van der Waals surface area contributed by atoms with E-state index in [0.717, 1.165) is 10.0 Å². The summed E-state index contributed by atoms with van der Waals surface area (Å²) in [7, 11) is 1.53. The van der Waals surface area contributed by atoms with Crippen molar-refractivity contribution in [3.8, 4) is 11.5 Å². The number of carbonyl (C=O) groups is 3. The maximum Gasteiger partial charge on any atom is 0.308 e. The molecule has 0 aliphatic carbocycles. The van der Waals surface area contributed by atoms with E-state index in [1.807, 2.05) is 6.92 Å². The quantitative estimate of drug-likeness (QED) is 0.156. The number of ketones is 1. The summed E-state index contributed by atoms with van der Waals surface area (Å²) in [5, 5.41) is 11.3. The standard InChI is InChI=1S/C27H22BrNO6/c1-15-14-18(6-13-22(15)28)25(31)23-24(17-4-9-21(10-5-17)35-16(2)30)29(27(33)26(23)32)19-7-11-20(34-3)12-8-19/h4-14,24,31H,1-3H3/b25-23-. The Hall–Kier alpha value is -3.91. The molecule has 1 saturated heterocycles. The molecule has 3 aromatic carbocycles. The van der Waals surface area contributed by atoms with E-state index in [1.54, 1.807) is 66.7 Å². The lowest BCUT2D eigenvalue weighted by Gasteiger charge is -2.25. The van der Waals surface area contributed by atoms with E-state index in [-0.39, 0.29) is 11.3 Å². The van der Waals surface area contributed by atoms with Gasteiger partial charge < -0.3 is 14.6 Å². The summed E-state index contributed by atoms with van der Waals surface area (Å²) in [5.74, 6) is -1.38. The second-order valence-corrected chi connectivity index (χ2v) is 8.85. The third kappa shape index (κ3) is 4.70. The van der Waals surface area contributed by atoms with Crippen molar-refractivity contribution in [2.24, 2.45) is 0 Å². The fourth-order valence-electron chi connectivity index (χ4n) is 3.99. The van der Waals surface area contributed by atoms with E-state index in [2.05, 4.69) is 15.9 Å². The van der Waals surface area contributed by atoms with Gasteiger partial charge in [0.2, 0.25) is 0 Å². The molecule has 0 saturated carbocycles. The Morgan fingerprint density at radius 3 is 2.17 bits per heavy atom. The highest BCUT2D eigenvalue weighted by atomic mass is 79.9. The number of ether oxygens (including phenoxy) is 2. The van der Waals surface area contributed by atoms with Crippen molar-refractivity contribution in [2.45, 2.75) is 19.9 Å². The normalized spacial score (nSPS) is 16.9. The van der Waals surface area contributed by atoms with Crippen molar-refractivity contribution in [3.63, 3.8) is 0 Å². The van der Waals surface area contributed by atoms with Crippen molar-refractivity contribution < 1.29 is 29.0 Å². The fraction of sp³-hybridized carbons (Fsp3) is 0.148. The van der Waals surface area contributed by atoms with Crippen LogP contribution in [0.3, 0.4) is 0 Å². The number of anilines is 1. The minimum absolute atomic E-state index is 0.0345. The van der Waals surface area contributed by atoms with Crippen molar-refractivity contribution in [2.75, 3.05) is 12.0 Å². The Morgan fingerprint density at radius 1 is 0.971 bits per heavy atom. The molecule has 35 heavy (non-hydrogen) atoms. The average molecular weight is 536 g/mol. The molecule has 1 unspecified atom stereocenters. The number of halogens is 1. The number of carbonyl (C=O) groups excluding carboxylic acids is 3. The molecular weight excluding hydrogens is 514 g/mol. The van der Waals surface area contributed by atoms with E-state index < -0.39 is 23.7 Å². The summed E-state index contributed by atoms with van der Waals surface area (Å²) < 4.78 is 11.2. The van der Waals surface area contributed by atoms with Gasteiger partial charge in [0.15, 0.2) is 0 Å². The molecule has 1 aliphatic rings. The Balaban J connectivity index is 1.89. The van der Waals surface area contributed by atoms with Crippen LogP contribution in [0.25, 0.3) is 5.76 Å². The number of nitrogens with zero attached hydrogens (tertiary/aromatic N) is 1. The van der Waals surface area contributed by atoms with Crippen LogP contribution in [0.1, 0.15) is 29.7 Å². The van der Waals surface area contributed by atoms with Crippen LogP contribution in [-0.2, 0) is 14.4 Å². The molecule has 1 amide bonds. The van der Waals surface area contributed by atoms with Gasteiger partial charge in [0.05, 0.1) is 18.7 Å². The van der Waals surface area contributed by atoms with Crippen molar-refractivity contribution in [1.82, 2.24) is 0 Å². The first kappa shape index (κ1) is 24.2. The number of aliphatic hydroxyl groups is 1. The SMILES string of the molecule is COc1ccc(N2C(=O)C(=O)/C(=C(\O)c3ccc(Br)c(C)c3)C2c2ccc(OC(C)=O)cc2)cc1. The van der Waals surface area contributed by atoms with Crippen LogP contribution >= 0.6 is 15.9 Å². The van der Waals surface area contributed by atoms with Crippen LogP contribution in [0.5, 0.6) is 11.5 Å². The van der Waals surface area contributed by atoms with Crippen LogP contribution < -0.4 is 14.4 Å². The lowest BCUT2D eigenvalue weighted by Crippen LogP contribution is -2.29. The zero-order valence-electron chi connectivity index (χ0n) is 19.2. The van der Waals surface area contributed by atoms with Gasteiger partial charge in [0, 0.05) is 22.6 Å². The molecule has 0 aromatic heterocycles. The van der Waals surface area contributed by atoms with Gasteiger partial charge in [-0.3, -0.25) is 19.3 Å². The van der Waals surface area contributed by atoms with Crippen molar-refractivity contribution in [1.29, 1.82) is 0 Å². The molecule has 0 radical (unpaired) electrons. The largest absolute Gasteiger partial charge is 0.507 e. The summed E-state index contributed by atoms with van der Waals surface area (Å²) in [5.41, 5.74) is 2.27. The molecule has 1 aliphatic heterocycles. The minimum Gasteiger partial charge on any atom is -0.507 e. The topological polar surface area (TPSA) is 93.1 Å². The number of hydrogen-bond donors (Lipinski definition) is 1. The maximum atomic E-state index is 13.3.